The first-order valence-corrected chi connectivity index (χ1v) is 8.09. The smallest absolute Gasteiger partial charge is 0.338 e. The van der Waals surface area contributed by atoms with Gasteiger partial charge < -0.3 is 15.5 Å². The summed E-state index contributed by atoms with van der Waals surface area (Å²) in [5.74, 6) is -0.300. The lowest BCUT2D eigenvalue weighted by Gasteiger charge is -2.39. The van der Waals surface area contributed by atoms with Crippen molar-refractivity contribution in [2.45, 2.75) is 25.6 Å². The lowest BCUT2D eigenvalue weighted by molar-refractivity contribution is -0.153. The molecular weight excluding hydrogens is 343 g/mol. The van der Waals surface area contributed by atoms with Gasteiger partial charge in [-0.3, -0.25) is 14.6 Å². The zero-order valence-corrected chi connectivity index (χ0v) is 13.9. The molecule has 0 aromatic heterocycles. The highest BCUT2D eigenvalue weighted by Crippen LogP contribution is 2.20. The van der Waals surface area contributed by atoms with E-state index in [1.54, 1.807) is 6.92 Å². The van der Waals surface area contributed by atoms with E-state index in [9.17, 15) is 27.6 Å². The van der Waals surface area contributed by atoms with Crippen molar-refractivity contribution in [2.75, 3.05) is 45.8 Å². The molecular formula is C14H22F3N5O3. The van der Waals surface area contributed by atoms with Crippen LogP contribution in [0, 0.1) is 0 Å². The third-order valence-electron chi connectivity index (χ3n) is 4.21. The molecule has 2 fully saturated rings. The Bertz CT molecular complexity index is 512. The fourth-order valence-electron chi connectivity index (χ4n) is 2.87. The second kappa shape index (κ2) is 7.89. The van der Waals surface area contributed by atoms with Crippen molar-refractivity contribution in [3.8, 4) is 0 Å². The van der Waals surface area contributed by atoms with Crippen LogP contribution in [0.15, 0.2) is 0 Å². The molecule has 8 nitrogen and oxygen atoms in total. The first-order chi connectivity index (χ1) is 11.7. The number of nitrogens with one attached hydrogen (secondary N) is 2. The molecule has 0 aliphatic carbocycles. The Labute approximate surface area is 143 Å². The van der Waals surface area contributed by atoms with Crippen LogP contribution >= 0.6 is 0 Å². The zero-order valence-electron chi connectivity index (χ0n) is 13.9. The largest absolute Gasteiger partial charge is 0.401 e. The number of imide groups is 1. The van der Waals surface area contributed by atoms with Gasteiger partial charge in [-0.15, -0.1) is 0 Å². The summed E-state index contributed by atoms with van der Waals surface area (Å²) in [5, 5.41) is 5.07. The number of urea groups is 2. The number of amides is 5. The van der Waals surface area contributed by atoms with Gasteiger partial charge in [0.25, 0.3) is 0 Å². The SMILES string of the molecule is CC1CN(C(=O)NCCCN2C(=O)CNC2=O)CCN1CC(F)(F)F. The Kier molecular flexibility index (Phi) is 6.09. The minimum absolute atomic E-state index is 0.00865. The highest BCUT2D eigenvalue weighted by Gasteiger charge is 2.36. The molecule has 2 N–H and O–H groups in total. The van der Waals surface area contributed by atoms with Gasteiger partial charge in [0, 0.05) is 38.8 Å². The van der Waals surface area contributed by atoms with Gasteiger partial charge in [0.2, 0.25) is 5.91 Å². The summed E-state index contributed by atoms with van der Waals surface area (Å²) >= 11 is 0. The number of nitrogens with zero attached hydrogens (tertiary/aromatic N) is 3. The van der Waals surface area contributed by atoms with E-state index in [2.05, 4.69) is 10.6 Å². The summed E-state index contributed by atoms with van der Waals surface area (Å²) < 4.78 is 37.4. The minimum atomic E-state index is -4.25. The molecule has 5 amide bonds. The molecule has 11 heteroatoms. The average molecular weight is 365 g/mol. The molecule has 0 bridgehead atoms. The van der Waals surface area contributed by atoms with Crippen LogP contribution in [-0.4, -0.2) is 90.7 Å². The number of piperazine rings is 1. The topological polar surface area (TPSA) is 85.0 Å². The van der Waals surface area contributed by atoms with Gasteiger partial charge in [-0.1, -0.05) is 0 Å². The van der Waals surface area contributed by atoms with E-state index in [4.69, 9.17) is 0 Å². The van der Waals surface area contributed by atoms with Crippen LogP contribution < -0.4 is 10.6 Å². The van der Waals surface area contributed by atoms with Crippen molar-refractivity contribution in [1.29, 1.82) is 0 Å². The van der Waals surface area contributed by atoms with Crippen LogP contribution in [0.25, 0.3) is 0 Å². The van der Waals surface area contributed by atoms with Crippen LogP contribution in [-0.2, 0) is 4.79 Å². The molecule has 1 atom stereocenters. The van der Waals surface area contributed by atoms with Crippen molar-refractivity contribution in [3.05, 3.63) is 0 Å². The number of carbonyl (C=O) groups is 3. The van der Waals surface area contributed by atoms with Crippen LogP contribution in [0.2, 0.25) is 0 Å². The Hall–Kier alpha value is -2.04. The molecule has 0 aromatic rings. The Morgan fingerprint density at radius 2 is 2.04 bits per heavy atom. The summed E-state index contributed by atoms with van der Waals surface area (Å²) in [6.45, 7) is 1.75. The summed E-state index contributed by atoms with van der Waals surface area (Å²) in [6, 6.07) is -1.17. The molecule has 1 unspecified atom stereocenters. The van der Waals surface area contributed by atoms with Crippen molar-refractivity contribution in [1.82, 2.24) is 25.3 Å². The van der Waals surface area contributed by atoms with Crippen molar-refractivity contribution >= 4 is 18.0 Å². The fraction of sp³-hybridized carbons (Fsp3) is 0.786. The highest BCUT2D eigenvalue weighted by molar-refractivity contribution is 6.01. The van der Waals surface area contributed by atoms with Crippen LogP contribution in [0.4, 0.5) is 22.8 Å². The molecule has 0 spiro atoms. The minimum Gasteiger partial charge on any atom is -0.338 e. The van der Waals surface area contributed by atoms with Gasteiger partial charge in [0.05, 0.1) is 13.1 Å². The quantitative estimate of drug-likeness (QED) is 0.539. The molecule has 2 heterocycles. The second-order valence-electron chi connectivity index (χ2n) is 6.17. The summed E-state index contributed by atoms with van der Waals surface area (Å²) in [5.41, 5.74) is 0. The molecule has 2 aliphatic heterocycles. The van der Waals surface area contributed by atoms with Crippen molar-refractivity contribution in [3.63, 3.8) is 0 Å². The van der Waals surface area contributed by atoms with Gasteiger partial charge >= 0.3 is 18.2 Å². The molecule has 2 aliphatic rings. The first kappa shape index (κ1) is 19.3. The van der Waals surface area contributed by atoms with Crippen LogP contribution in [0.5, 0.6) is 0 Å². The Morgan fingerprint density at radius 1 is 1.32 bits per heavy atom. The predicted molar refractivity (Wildman–Crippen MR) is 81.8 cm³/mol. The Morgan fingerprint density at radius 3 is 2.60 bits per heavy atom. The summed E-state index contributed by atoms with van der Waals surface area (Å²) in [4.78, 5) is 38.7. The number of hydrogen-bond donors (Lipinski definition) is 2. The van der Waals surface area contributed by atoms with Crippen LogP contribution in [0.3, 0.4) is 0 Å². The number of rotatable bonds is 5. The summed E-state index contributed by atoms with van der Waals surface area (Å²) in [6.07, 6.45) is -3.84. The predicted octanol–water partition coefficient (Wildman–Crippen LogP) is 0.206. The maximum Gasteiger partial charge on any atom is 0.401 e. The number of alkyl halides is 3. The zero-order chi connectivity index (χ0) is 18.6. The molecule has 2 saturated heterocycles. The standard InChI is InChI=1S/C14H22F3N5O3/c1-10-8-20(5-6-21(10)9-14(15,16)17)12(24)18-3-2-4-22-11(23)7-19-13(22)25/h10H,2-9H2,1H3,(H,18,24)(H,19,25). The molecule has 142 valence electrons. The summed E-state index contributed by atoms with van der Waals surface area (Å²) in [7, 11) is 0. The molecule has 0 aromatic carbocycles. The molecule has 0 radical (unpaired) electrons. The maximum absolute atomic E-state index is 12.5. The Balaban J connectivity index is 1.68. The molecule has 25 heavy (non-hydrogen) atoms. The normalized spacial score (nSPS) is 22.3. The van der Waals surface area contributed by atoms with Crippen LogP contribution in [0.1, 0.15) is 13.3 Å². The number of carbonyl (C=O) groups excluding carboxylic acids is 3. The van der Waals surface area contributed by atoms with E-state index in [0.717, 1.165) is 4.90 Å². The average Bonchev–Trinajstić information content (AvgIpc) is 2.83. The lowest BCUT2D eigenvalue weighted by atomic mass is 10.2. The van der Waals surface area contributed by atoms with E-state index >= 15 is 0 Å². The molecule has 2 rings (SSSR count). The van der Waals surface area contributed by atoms with Gasteiger partial charge in [0.1, 0.15) is 0 Å². The van der Waals surface area contributed by atoms with E-state index in [1.165, 1.54) is 9.80 Å². The van der Waals surface area contributed by atoms with Gasteiger partial charge in [0.15, 0.2) is 0 Å². The number of hydrogen-bond acceptors (Lipinski definition) is 4. The van der Waals surface area contributed by atoms with Crippen molar-refractivity contribution in [2.24, 2.45) is 0 Å². The monoisotopic (exact) mass is 365 g/mol. The van der Waals surface area contributed by atoms with E-state index in [1.807, 2.05) is 0 Å². The molecule has 0 saturated carbocycles. The van der Waals surface area contributed by atoms with E-state index in [-0.39, 0.29) is 57.2 Å². The van der Waals surface area contributed by atoms with Gasteiger partial charge in [-0.2, -0.15) is 13.2 Å². The fourth-order valence-corrected chi connectivity index (χ4v) is 2.87. The van der Waals surface area contributed by atoms with Gasteiger partial charge in [-0.25, -0.2) is 9.59 Å². The highest BCUT2D eigenvalue weighted by atomic mass is 19.4. The van der Waals surface area contributed by atoms with Crippen molar-refractivity contribution < 1.29 is 27.6 Å². The second-order valence-corrected chi connectivity index (χ2v) is 6.17. The van der Waals surface area contributed by atoms with Gasteiger partial charge in [-0.05, 0) is 13.3 Å². The number of halogens is 3. The third kappa shape index (κ3) is 5.48. The lowest BCUT2D eigenvalue weighted by Crippen LogP contribution is -2.57. The maximum atomic E-state index is 12.5. The third-order valence-corrected chi connectivity index (χ3v) is 4.21. The van der Waals surface area contributed by atoms with E-state index < -0.39 is 18.8 Å². The first-order valence-electron chi connectivity index (χ1n) is 8.09. The van der Waals surface area contributed by atoms with E-state index in [0.29, 0.717) is 6.42 Å².